The Morgan fingerprint density at radius 2 is 1.97 bits per heavy atom. The van der Waals surface area contributed by atoms with Crippen LogP contribution >= 0.6 is 15.9 Å². The van der Waals surface area contributed by atoms with Crippen molar-refractivity contribution in [3.05, 3.63) is 98.3 Å². The molecule has 4 aromatic rings. The van der Waals surface area contributed by atoms with E-state index in [9.17, 15) is 9.18 Å². The van der Waals surface area contributed by atoms with Gasteiger partial charge < -0.3 is 9.47 Å². The fraction of sp³-hybridized carbons (Fsp3) is 0.192. The lowest BCUT2D eigenvalue weighted by Gasteiger charge is -2.14. The van der Waals surface area contributed by atoms with Crippen LogP contribution in [0, 0.1) is 5.82 Å². The lowest BCUT2D eigenvalue weighted by molar-refractivity contribution is 0.279. The summed E-state index contributed by atoms with van der Waals surface area (Å²) < 4.78 is 27.6. The molecule has 1 heterocycles. The smallest absolute Gasteiger partial charge is 0.282 e. The number of rotatable bonds is 8. The van der Waals surface area contributed by atoms with E-state index in [1.165, 1.54) is 24.1 Å². The standard InChI is InChI=1S/C26H23BrFN3O3/c1-3-7-24-30-22-13-12-19(27)14-20(22)26(32)31(24)29-15-17-9-6-11-23(33-2)25(17)34-16-18-8-4-5-10-21(18)28/h4-6,8-15H,3,7,16H2,1-2H3. The quantitative estimate of drug-likeness (QED) is 0.277. The van der Waals surface area contributed by atoms with E-state index in [0.29, 0.717) is 45.8 Å². The molecular weight excluding hydrogens is 501 g/mol. The zero-order valence-electron chi connectivity index (χ0n) is 18.8. The Bertz CT molecular complexity index is 1420. The second-order valence-corrected chi connectivity index (χ2v) is 8.48. The number of aromatic nitrogens is 2. The molecule has 0 atom stereocenters. The number of aryl methyl sites for hydroxylation is 1. The molecule has 0 amide bonds. The highest BCUT2D eigenvalue weighted by atomic mass is 79.9. The second kappa shape index (κ2) is 10.6. The molecule has 0 saturated carbocycles. The molecule has 174 valence electrons. The molecule has 0 N–H and O–H groups in total. The van der Waals surface area contributed by atoms with Gasteiger partial charge in [0.25, 0.3) is 5.56 Å². The van der Waals surface area contributed by atoms with Crippen molar-refractivity contribution >= 4 is 33.0 Å². The highest BCUT2D eigenvalue weighted by Crippen LogP contribution is 2.31. The molecule has 0 bridgehead atoms. The van der Waals surface area contributed by atoms with E-state index >= 15 is 0 Å². The van der Waals surface area contributed by atoms with Crippen molar-refractivity contribution in [2.24, 2.45) is 5.10 Å². The monoisotopic (exact) mass is 523 g/mol. The molecule has 0 spiro atoms. The third kappa shape index (κ3) is 5.02. The average molecular weight is 524 g/mol. The number of hydrogen-bond acceptors (Lipinski definition) is 5. The van der Waals surface area contributed by atoms with Crippen LogP contribution < -0.4 is 15.0 Å². The maximum atomic E-state index is 14.1. The first kappa shape index (κ1) is 23.6. The number of nitrogens with zero attached hydrogens (tertiary/aromatic N) is 3. The van der Waals surface area contributed by atoms with Crippen molar-refractivity contribution in [1.29, 1.82) is 0 Å². The van der Waals surface area contributed by atoms with Crippen molar-refractivity contribution < 1.29 is 13.9 Å². The van der Waals surface area contributed by atoms with Gasteiger partial charge in [-0.25, -0.2) is 9.37 Å². The van der Waals surface area contributed by atoms with Gasteiger partial charge in [-0.2, -0.15) is 9.78 Å². The average Bonchev–Trinajstić information content (AvgIpc) is 2.84. The Hall–Kier alpha value is -3.52. The van der Waals surface area contributed by atoms with E-state index in [2.05, 4.69) is 26.0 Å². The van der Waals surface area contributed by atoms with Crippen LogP contribution in [0.25, 0.3) is 10.9 Å². The lowest BCUT2D eigenvalue weighted by atomic mass is 10.2. The van der Waals surface area contributed by atoms with Crippen molar-refractivity contribution in [2.75, 3.05) is 7.11 Å². The van der Waals surface area contributed by atoms with Crippen LogP contribution in [-0.2, 0) is 13.0 Å². The number of halogens is 2. The van der Waals surface area contributed by atoms with E-state index in [1.54, 1.807) is 42.5 Å². The summed E-state index contributed by atoms with van der Waals surface area (Å²) in [6.07, 6.45) is 2.93. The largest absolute Gasteiger partial charge is 0.493 e. The molecule has 0 saturated heterocycles. The molecule has 0 unspecified atom stereocenters. The zero-order chi connectivity index (χ0) is 24.1. The maximum Gasteiger partial charge on any atom is 0.282 e. The van der Waals surface area contributed by atoms with Gasteiger partial charge in [0, 0.05) is 22.0 Å². The number of para-hydroxylation sites is 1. The fourth-order valence-electron chi connectivity index (χ4n) is 3.53. The van der Waals surface area contributed by atoms with E-state index in [-0.39, 0.29) is 18.0 Å². The minimum Gasteiger partial charge on any atom is -0.493 e. The van der Waals surface area contributed by atoms with Crippen LogP contribution in [0.15, 0.2) is 75.0 Å². The van der Waals surface area contributed by atoms with Gasteiger partial charge in [0.05, 0.1) is 24.2 Å². The first-order valence-corrected chi connectivity index (χ1v) is 11.6. The van der Waals surface area contributed by atoms with Crippen LogP contribution in [0.5, 0.6) is 11.5 Å². The van der Waals surface area contributed by atoms with Gasteiger partial charge in [0.15, 0.2) is 11.5 Å². The Morgan fingerprint density at radius 3 is 2.74 bits per heavy atom. The Labute approximate surface area is 204 Å². The molecule has 3 aromatic carbocycles. The molecule has 0 aliphatic rings. The molecule has 0 radical (unpaired) electrons. The Kier molecular flexibility index (Phi) is 7.37. The minimum atomic E-state index is -0.350. The number of fused-ring (bicyclic) bond motifs is 1. The molecule has 0 aliphatic carbocycles. The van der Waals surface area contributed by atoms with Crippen LogP contribution in [0.1, 0.15) is 30.3 Å². The molecule has 4 rings (SSSR count). The highest BCUT2D eigenvalue weighted by Gasteiger charge is 2.13. The summed E-state index contributed by atoms with van der Waals surface area (Å²) >= 11 is 3.41. The first-order valence-electron chi connectivity index (χ1n) is 10.8. The van der Waals surface area contributed by atoms with Crippen LogP contribution in [0.4, 0.5) is 4.39 Å². The lowest BCUT2D eigenvalue weighted by Crippen LogP contribution is -2.22. The molecule has 0 fully saturated rings. The Morgan fingerprint density at radius 1 is 1.15 bits per heavy atom. The summed E-state index contributed by atoms with van der Waals surface area (Å²) in [5.41, 5.74) is 1.36. The number of methoxy groups -OCH3 is 1. The third-order valence-electron chi connectivity index (χ3n) is 5.22. The van der Waals surface area contributed by atoms with Gasteiger partial charge in [0.2, 0.25) is 0 Å². The van der Waals surface area contributed by atoms with Gasteiger partial charge in [0.1, 0.15) is 18.2 Å². The summed E-state index contributed by atoms with van der Waals surface area (Å²) in [5.74, 6) is 1.09. The van der Waals surface area contributed by atoms with Crippen molar-refractivity contribution in [2.45, 2.75) is 26.4 Å². The summed E-state index contributed by atoms with van der Waals surface area (Å²) in [6, 6.07) is 17.2. The van der Waals surface area contributed by atoms with Crippen molar-refractivity contribution in [3.63, 3.8) is 0 Å². The maximum absolute atomic E-state index is 14.1. The molecule has 0 aliphatic heterocycles. The molecule has 8 heteroatoms. The highest BCUT2D eigenvalue weighted by molar-refractivity contribution is 9.10. The van der Waals surface area contributed by atoms with Crippen LogP contribution in [0.2, 0.25) is 0 Å². The molecule has 1 aromatic heterocycles. The summed E-state index contributed by atoms with van der Waals surface area (Å²) in [5, 5.41) is 4.94. The predicted octanol–water partition coefficient (Wildman–Crippen LogP) is 5.72. The zero-order valence-corrected chi connectivity index (χ0v) is 20.4. The second-order valence-electron chi connectivity index (χ2n) is 7.56. The van der Waals surface area contributed by atoms with E-state index in [0.717, 1.165) is 10.9 Å². The van der Waals surface area contributed by atoms with Gasteiger partial charge in [-0.3, -0.25) is 4.79 Å². The normalized spacial score (nSPS) is 11.3. The molecule has 6 nitrogen and oxygen atoms in total. The van der Waals surface area contributed by atoms with Gasteiger partial charge in [-0.1, -0.05) is 47.1 Å². The van der Waals surface area contributed by atoms with Gasteiger partial charge >= 0.3 is 0 Å². The third-order valence-corrected chi connectivity index (χ3v) is 5.71. The summed E-state index contributed by atoms with van der Waals surface area (Å²) in [7, 11) is 1.53. The van der Waals surface area contributed by atoms with Crippen molar-refractivity contribution in [3.8, 4) is 11.5 Å². The fourth-order valence-corrected chi connectivity index (χ4v) is 3.90. The summed E-state index contributed by atoms with van der Waals surface area (Å²) in [4.78, 5) is 17.9. The minimum absolute atomic E-state index is 0.0144. The number of hydrogen-bond donors (Lipinski definition) is 0. The predicted molar refractivity (Wildman–Crippen MR) is 134 cm³/mol. The summed E-state index contributed by atoms with van der Waals surface area (Å²) in [6.45, 7) is 2.03. The number of ether oxygens (including phenoxy) is 2. The molecule has 34 heavy (non-hydrogen) atoms. The van der Waals surface area contributed by atoms with Crippen LogP contribution in [0.3, 0.4) is 0 Å². The van der Waals surface area contributed by atoms with E-state index in [4.69, 9.17) is 9.47 Å². The van der Waals surface area contributed by atoms with Crippen molar-refractivity contribution in [1.82, 2.24) is 9.66 Å². The van der Waals surface area contributed by atoms with E-state index in [1.807, 2.05) is 19.1 Å². The number of benzene rings is 3. The van der Waals surface area contributed by atoms with E-state index < -0.39 is 0 Å². The van der Waals surface area contributed by atoms with Crippen LogP contribution in [-0.4, -0.2) is 23.0 Å². The topological polar surface area (TPSA) is 65.7 Å². The SMILES string of the molecule is CCCc1nc2ccc(Br)cc2c(=O)n1N=Cc1cccc(OC)c1OCc1ccccc1F. The first-order chi connectivity index (χ1) is 16.5. The van der Waals surface area contributed by atoms with Gasteiger partial charge in [-0.15, -0.1) is 0 Å². The van der Waals surface area contributed by atoms with Gasteiger partial charge in [-0.05, 0) is 42.8 Å². The Balaban J connectivity index is 1.75. The molecular formula is C26H23BrFN3O3.